The van der Waals surface area contributed by atoms with Crippen LogP contribution in [0.15, 0.2) is 61.1 Å². The van der Waals surface area contributed by atoms with Crippen molar-refractivity contribution in [2.75, 3.05) is 12.4 Å². The molecule has 0 radical (unpaired) electrons. The van der Waals surface area contributed by atoms with E-state index >= 15 is 0 Å². The van der Waals surface area contributed by atoms with Crippen LogP contribution in [0.4, 0.5) is 24.5 Å². The molecule has 0 aliphatic rings. The Kier molecular flexibility index (Phi) is 11.1. The zero-order valence-corrected chi connectivity index (χ0v) is 22.7. The number of halogens is 3. The minimum atomic E-state index is -4.39. The third-order valence-corrected chi connectivity index (χ3v) is 6.87. The van der Waals surface area contributed by atoms with Crippen LogP contribution in [0.5, 0.6) is 5.75 Å². The van der Waals surface area contributed by atoms with Crippen LogP contribution in [-0.2, 0) is 4.79 Å². The molecule has 2 aromatic carbocycles. The number of carbonyl (C=O) groups excluding carboxylic acids is 1. The summed E-state index contributed by atoms with van der Waals surface area (Å²) in [6, 6.07) is 12.6. The minimum Gasteiger partial charge on any atom is -0.426 e. The summed E-state index contributed by atoms with van der Waals surface area (Å²) in [7, 11) is 1.65. The number of rotatable bonds is 15. The Hall–Kier alpha value is -3.89. The molecular formula is C29H35F3N4O4. The third kappa shape index (κ3) is 8.56. The molecule has 0 saturated heterocycles. The van der Waals surface area contributed by atoms with Crippen molar-refractivity contribution in [3.8, 4) is 11.4 Å². The van der Waals surface area contributed by atoms with E-state index in [1.54, 1.807) is 43.4 Å². The average Bonchev–Trinajstić information content (AvgIpc) is 3.41. The monoisotopic (exact) mass is 560 g/mol. The molecule has 0 bridgehead atoms. The number of non-ortho nitro benzene ring substituents is 1. The van der Waals surface area contributed by atoms with Gasteiger partial charge < -0.3 is 14.6 Å². The number of benzene rings is 2. The molecule has 3 rings (SSSR count). The molecule has 1 heterocycles. The molecule has 2 unspecified atom stereocenters. The lowest BCUT2D eigenvalue weighted by molar-refractivity contribution is -0.384. The maximum atomic E-state index is 13.9. The van der Waals surface area contributed by atoms with E-state index in [0.717, 1.165) is 25.7 Å². The van der Waals surface area contributed by atoms with E-state index < -0.39 is 28.9 Å². The zero-order chi connectivity index (χ0) is 29.1. The standard InChI is InChI=1S/C29H35F3N4O4/c1-3-4-5-6-8-11-21(29(30,31)32)14-16-24(28(37)40-23-12-9-7-10-13-23)26-19-35(20-34-26)27-18-22(36(38)39)15-17-25(27)33-2/h7,9-10,12-13,15,17-21,24,33H,3-6,8,11,14,16H2,1-2H3. The lowest BCUT2D eigenvalue weighted by atomic mass is 9.90. The molecule has 3 aromatic rings. The van der Waals surface area contributed by atoms with Crippen molar-refractivity contribution in [2.24, 2.45) is 5.92 Å². The predicted octanol–water partition coefficient (Wildman–Crippen LogP) is 7.83. The number of carbonyl (C=O) groups is 1. The Bertz CT molecular complexity index is 1250. The SMILES string of the molecule is CCCCCCCC(CCC(C(=O)Oc1ccccc1)c1cn(-c2cc([N+](=O)[O-])ccc2NC)cn1)C(F)(F)F. The van der Waals surface area contributed by atoms with Crippen LogP contribution in [0.2, 0.25) is 0 Å². The lowest BCUT2D eigenvalue weighted by Crippen LogP contribution is -2.26. The molecule has 1 N–H and O–H groups in total. The summed E-state index contributed by atoms with van der Waals surface area (Å²) in [5.74, 6) is -3.05. The largest absolute Gasteiger partial charge is 0.426 e. The van der Waals surface area contributed by atoms with Crippen molar-refractivity contribution < 1.29 is 27.6 Å². The number of anilines is 1. The van der Waals surface area contributed by atoms with Gasteiger partial charge in [-0.2, -0.15) is 13.2 Å². The van der Waals surface area contributed by atoms with Gasteiger partial charge in [0.1, 0.15) is 11.7 Å². The summed E-state index contributed by atoms with van der Waals surface area (Å²) < 4.78 is 48.8. The van der Waals surface area contributed by atoms with Gasteiger partial charge in [-0.15, -0.1) is 0 Å². The van der Waals surface area contributed by atoms with Gasteiger partial charge in [0.2, 0.25) is 0 Å². The number of nitro benzene ring substituents is 1. The molecule has 40 heavy (non-hydrogen) atoms. The second-order valence-electron chi connectivity index (χ2n) is 9.72. The Balaban J connectivity index is 1.87. The highest BCUT2D eigenvalue weighted by Gasteiger charge is 2.40. The zero-order valence-electron chi connectivity index (χ0n) is 22.7. The molecule has 8 nitrogen and oxygen atoms in total. The number of alkyl halides is 3. The van der Waals surface area contributed by atoms with Crippen molar-refractivity contribution in [3.63, 3.8) is 0 Å². The number of esters is 1. The maximum absolute atomic E-state index is 13.9. The highest BCUT2D eigenvalue weighted by atomic mass is 19.4. The summed E-state index contributed by atoms with van der Waals surface area (Å²) in [5, 5.41) is 14.3. The van der Waals surface area contributed by atoms with Crippen molar-refractivity contribution >= 4 is 17.3 Å². The Labute approximate surface area is 231 Å². The van der Waals surface area contributed by atoms with Gasteiger partial charge in [0.05, 0.1) is 34.2 Å². The first-order valence-corrected chi connectivity index (χ1v) is 13.5. The number of ether oxygens (including phenoxy) is 1. The number of nitrogens with one attached hydrogen (secondary N) is 1. The first kappa shape index (κ1) is 30.6. The topological polar surface area (TPSA) is 99.3 Å². The number of nitro groups is 1. The van der Waals surface area contributed by atoms with Gasteiger partial charge in [-0.1, -0.05) is 57.2 Å². The predicted molar refractivity (Wildman–Crippen MR) is 147 cm³/mol. The summed E-state index contributed by atoms with van der Waals surface area (Å²) in [4.78, 5) is 28.4. The Morgan fingerprint density at radius 2 is 1.80 bits per heavy atom. The highest BCUT2D eigenvalue weighted by molar-refractivity contribution is 5.80. The summed E-state index contributed by atoms with van der Waals surface area (Å²) >= 11 is 0. The fourth-order valence-corrected chi connectivity index (χ4v) is 4.60. The Morgan fingerprint density at radius 1 is 1.07 bits per heavy atom. The van der Waals surface area contributed by atoms with Crippen molar-refractivity contribution in [2.45, 2.75) is 70.4 Å². The number of unbranched alkanes of at least 4 members (excludes halogenated alkanes) is 4. The minimum absolute atomic E-state index is 0.00131. The van der Waals surface area contributed by atoms with E-state index in [2.05, 4.69) is 10.3 Å². The maximum Gasteiger partial charge on any atom is 0.391 e. The first-order chi connectivity index (χ1) is 19.1. The second-order valence-corrected chi connectivity index (χ2v) is 9.72. The van der Waals surface area contributed by atoms with E-state index in [1.807, 2.05) is 6.92 Å². The van der Waals surface area contributed by atoms with Gasteiger partial charge in [-0.3, -0.25) is 14.9 Å². The number of para-hydroxylation sites is 1. The molecule has 0 amide bonds. The molecule has 0 fully saturated rings. The molecule has 0 saturated carbocycles. The van der Waals surface area contributed by atoms with Crippen LogP contribution < -0.4 is 10.1 Å². The van der Waals surface area contributed by atoms with Crippen LogP contribution in [0.3, 0.4) is 0 Å². The van der Waals surface area contributed by atoms with Gasteiger partial charge in [-0.25, -0.2) is 4.98 Å². The van der Waals surface area contributed by atoms with Crippen LogP contribution in [0.25, 0.3) is 5.69 Å². The van der Waals surface area contributed by atoms with E-state index in [9.17, 15) is 28.1 Å². The quantitative estimate of drug-likeness (QED) is 0.0669. The molecule has 1 aromatic heterocycles. The number of hydrogen-bond donors (Lipinski definition) is 1. The van der Waals surface area contributed by atoms with Crippen molar-refractivity contribution in [1.82, 2.24) is 9.55 Å². The molecule has 2 atom stereocenters. The van der Waals surface area contributed by atoms with Crippen molar-refractivity contribution in [1.29, 1.82) is 0 Å². The molecule has 0 aliphatic heterocycles. The van der Waals surface area contributed by atoms with E-state index in [0.29, 0.717) is 17.8 Å². The summed E-state index contributed by atoms with van der Waals surface area (Å²) in [6.07, 6.45) is 2.24. The highest BCUT2D eigenvalue weighted by Crippen LogP contribution is 2.37. The first-order valence-electron chi connectivity index (χ1n) is 13.5. The van der Waals surface area contributed by atoms with Gasteiger partial charge in [0.15, 0.2) is 0 Å². The van der Waals surface area contributed by atoms with Crippen LogP contribution in [-0.4, -0.2) is 33.7 Å². The number of imidazole rings is 1. The summed E-state index contributed by atoms with van der Waals surface area (Å²) in [6.45, 7) is 2.05. The number of hydrogen-bond acceptors (Lipinski definition) is 6. The normalized spacial score (nSPS) is 13.0. The molecule has 0 spiro atoms. The smallest absolute Gasteiger partial charge is 0.391 e. The second kappa shape index (κ2) is 14.5. The Morgan fingerprint density at radius 3 is 2.45 bits per heavy atom. The summed E-state index contributed by atoms with van der Waals surface area (Å²) in [5.41, 5.74) is 1.05. The lowest BCUT2D eigenvalue weighted by Gasteiger charge is -2.22. The molecule has 0 aliphatic carbocycles. The van der Waals surface area contributed by atoms with Crippen LogP contribution in [0, 0.1) is 16.0 Å². The van der Waals surface area contributed by atoms with E-state index in [-0.39, 0.29) is 36.4 Å². The van der Waals surface area contributed by atoms with Crippen molar-refractivity contribution in [3.05, 3.63) is 76.9 Å². The van der Waals surface area contributed by atoms with E-state index in [1.165, 1.54) is 29.2 Å². The van der Waals surface area contributed by atoms with Gasteiger partial charge in [-0.05, 0) is 37.5 Å². The van der Waals surface area contributed by atoms with Gasteiger partial charge in [0.25, 0.3) is 5.69 Å². The fraction of sp³-hybridized carbons (Fsp3) is 0.448. The van der Waals surface area contributed by atoms with E-state index in [4.69, 9.17) is 4.74 Å². The number of nitrogens with zero attached hydrogens (tertiary/aromatic N) is 3. The molecule has 216 valence electrons. The van der Waals surface area contributed by atoms with Gasteiger partial charge >= 0.3 is 12.1 Å². The van der Waals surface area contributed by atoms with Crippen LogP contribution in [0.1, 0.15) is 69.9 Å². The average molecular weight is 561 g/mol. The molecule has 11 heteroatoms. The fourth-order valence-electron chi connectivity index (χ4n) is 4.60. The molecular weight excluding hydrogens is 525 g/mol. The number of aromatic nitrogens is 2. The van der Waals surface area contributed by atoms with Gasteiger partial charge in [0, 0.05) is 25.4 Å². The third-order valence-electron chi connectivity index (χ3n) is 6.87. The van der Waals surface area contributed by atoms with Crippen LogP contribution >= 0.6 is 0 Å².